The Kier molecular flexibility index (Phi) is 5.53. The maximum Gasteiger partial charge on any atom is 0.222 e. The summed E-state index contributed by atoms with van der Waals surface area (Å²) in [5.74, 6) is 1.48. The molecule has 1 aliphatic heterocycles. The van der Waals surface area contributed by atoms with Crippen LogP contribution in [-0.4, -0.2) is 47.2 Å². The Morgan fingerprint density at radius 2 is 1.80 bits per heavy atom. The summed E-state index contributed by atoms with van der Waals surface area (Å²) in [6.45, 7) is 7.18. The highest BCUT2D eigenvalue weighted by molar-refractivity contribution is 6.33. The number of carbonyl (C=O) groups is 1. The number of hydrogen-bond donors (Lipinski definition) is 0. The second-order valence-corrected chi connectivity index (χ2v) is 7.13. The van der Waals surface area contributed by atoms with Crippen molar-refractivity contribution < 1.29 is 4.79 Å². The lowest BCUT2D eigenvalue weighted by Crippen LogP contribution is -2.49. The Bertz CT molecular complexity index is 724. The van der Waals surface area contributed by atoms with Gasteiger partial charge in [-0.3, -0.25) is 4.79 Å². The zero-order valence-corrected chi connectivity index (χ0v) is 15.4. The van der Waals surface area contributed by atoms with Crippen molar-refractivity contribution in [2.24, 2.45) is 5.92 Å². The highest BCUT2D eigenvalue weighted by Crippen LogP contribution is 2.26. The first kappa shape index (κ1) is 17.7. The van der Waals surface area contributed by atoms with E-state index < -0.39 is 0 Å². The van der Waals surface area contributed by atoms with Gasteiger partial charge in [-0.1, -0.05) is 43.6 Å². The SMILES string of the molecule is CC(C)CC(=O)N1CCN(c2ccc(-c3ccccc3Cl)nn2)CC1. The molecule has 3 rings (SSSR count). The largest absolute Gasteiger partial charge is 0.352 e. The van der Waals surface area contributed by atoms with Gasteiger partial charge in [-0.15, -0.1) is 10.2 Å². The molecule has 1 aromatic heterocycles. The quantitative estimate of drug-likeness (QED) is 0.839. The van der Waals surface area contributed by atoms with E-state index in [-0.39, 0.29) is 5.91 Å². The van der Waals surface area contributed by atoms with Crippen LogP contribution < -0.4 is 4.90 Å². The molecule has 132 valence electrons. The van der Waals surface area contributed by atoms with Crippen LogP contribution in [0.25, 0.3) is 11.3 Å². The molecule has 2 aromatic rings. The summed E-state index contributed by atoms with van der Waals surface area (Å²) in [5, 5.41) is 9.34. The molecular weight excluding hydrogens is 336 g/mol. The minimum Gasteiger partial charge on any atom is -0.352 e. The summed E-state index contributed by atoms with van der Waals surface area (Å²) < 4.78 is 0. The molecule has 0 radical (unpaired) electrons. The molecule has 0 N–H and O–H groups in total. The van der Waals surface area contributed by atoms with Crippen LogP contribution in [-0.2, 0) is 4.79 Å². The molecule has 1 saturated heterocycles. The van der Waals surface area contributed by atoms with Gasteiger partial charge in [0.2, 0.25) is 5.91 Å². The second-order valence-electron chi connectivity index (χ2n) is 6.72. The zero-order chi connectivity index (χ0) is 17.8. The van der Waals surface area contributed by atoms with Crippen LogP contribution in [0.1, 0.15) is 20.3 Å². The first-order valence-corrected chi connectivity index (χ1v) is 9.03. The summed E-state index contributed by atoms with van der Waals surface area (Å²) in [6, 6.07) is 11.5. The number of nitrogens with zero attached hydrogens (tertiary/aromatic N) is 4. The number of rotatable bonds is 4. The van der Waals surface area contributed by atoms with E-state index in [0.29, 0.717) is 17.4 Å². The molecule has 0 aliphatic carbocycles. The molecule has 6 heteroatoms. The van der Waals surface area contributed by atoms with E-state index in [4.69, 9.17) is 11.6 Å². The third-order valence-corrected chi connectivity index (χ3v) is 4.67. The van der Waals surface area contributed by atoms with Crippen LogP contribution in [0.4, 0.5) is 5.82 Å². The van der Waals surface area contributed by atoms with Gasteiger partial charge in [0.1, 0.15) is 0 Å². The maximum atomic E-state index is 12.2. The minimum absolute atomic E-state index is 0.245. The Morgan fingerprint density at radius 1 is 1.08 bits per heavy atom. The van der Waals surface area contributed by atoms with Crippen molar-refractivity contribution in [3.63, 3.8) is 0 Å². The fraction of sp³-hybridized carbons (Fsp3) is 0.421. The number of amides is 1. The smallest absolute Gasteiger partial charge is 0.222 e. The van der Waals surface area contributed by atoms with Gasteiger partial charge >= 0.3 is 0 Å². The Labute approximate surface area is 153 Å². The summed E-state index contributed by atoms with van der Waals surface area (Å²) in [4.78, 5) is 16.3. The van der Waals surface area contributed by atoms with Crippen LogP contribution >= 0.6 is 11.6 Å². The van der Waals surface area contributed by atoms with Gasteiger partial charge in [-0.2, -0.15) is 0 Å². The van der Waals surface area contributed by atoms with Crippen LogP contribution in [0.15, 0.2) is 36.4 Å². The molecule has 1 aliphatic rings. The second kappa shape index (κ2) is 7.83. The average molecular weight is 359 g/mol. The number of anilines is 1. The lowest BCUT2D eigenvalue weighted by Gasteiger charge is -2.35. The molecule has 25 heavy (non-hydrogen) atoms. The predicted molar refractivity (Wildman–Crippen MR) is 101 cm³/mol. The summed E-state index contributed by atoms with van der Waals surface area (Å²) >= 11 is 6.21. The van der Waals surface area contributed by atoms with E-state index in [9.17, 15) is 4.79 Å². The average Bonchev–Trinajstić information content (AvgIpc) is 2.62. The molecule has 1 fully saturated rings. The van der Waals surface area contributed by atoms with Crippen molar-refractivity contribution in [2.45, 2.75) is 20.3 Å². The first-order chi connectivity index (χ1) is 12.0. The molecular formula is C19H23ClN4O. The van der Waals surface area contributed by atoms with Gasteiger partial charge in [0.05, 0.1) is 10.7 Å². The number of carbonyl (C=O) groups excluding carboxylic acids is 1. The Balaban J connectivity index is 1.63. The molecule has 0 atom stereocenters. The summed E-state index contributed by atoms with van der Waals surface area (Å²) in [7, 11) is 0. The van der Waals surface area contributed by atoms with Gasteiger partial charge < -0.3 is 9.80 Å². The standard InChI is InChI=1S/C19H23ClN4O/c1-14(2)13-19(25)24-11-9-23(10-12-24)18-8-7-17(21-22-18)15-5-3-4-6-16(15)20/h3-8,14H,9-13H2,1-2H3. The highest BCUT2D eigenvalue weighted by Gasteiger charge is 2.22. The number of benzene rings is 1. The minimum atomic E-state index is 0.245. The maximum absolute atomic E-state index is 12.2. The van der Waals surface area contributed by atoms with Crippen molar-refractivity contribution in [3.05, 3.63) is 41.4 Å². The van der Waals surface area contributed by atoms with Crippen LogP contribution in [0.3, 0.4) is 0 Å². The van der Waals surface area contributed by atoms with Gasteiger partial charge in [0.25, 0.3) is 0 Å². The molecule has 1 aromatic carbocycles. The number of halogens is 1. The summed E-state index contributed by atoms with van der Waals surface area (Å²) in [6.07, 6.45) is 0.617. The van der Waals surface area contributed by atoms with Crippen LogP contribution in [0.2, 0.25) is 5.02 Å². The Morgan fingerprint density at radius 3 is 2.40 bits per heavy atom. The van der Waals surface area contributed by atoms with E-state index in [2.05, 4.69) is 28.9 Å². The van der Waals surface area contributed by atoms with E-state index in [1.165, 1.54) is 0 Å². The fourth-order valence-electron chi connectivity index (χ4n) is 2.97. The van der Waals surface area contributed by atoms with Crippen molar-refractivity contribution >= 4 is 23.3 Å². The Hall–Kier alpha value is -2.14. The van der Waals surface area contributed by atoms with Gasteiger partial charge in [-0.25, -0.2) is 0 Å². The normalized spacial score (nSPS) is 14.9. The third-order valence-electron chi connectivity index (χ3n) is 4.34. The molecule has 2 heterocycles. The van der Waals surface area contributed by atoms with Crippen molar-refractivity contribution in [2.75, 3.05) is 31.1 Å². The third kappa shape index (κ3) is 4.28. The van der Waals surface area contributed by atoms with Gasteiger partial charge in [0, 0.05) is 38.2 Å². The zero-order valence-electron chi connectivity index (χ0n) is 14.7. The van der Waals surface area contributed by atoms with Crippen molar-refractivity contribution in [1.82, 2.24) is 15.1 Å². The molecule has 0 bridgehead atoms. The number of hydrogen-bond acceptors (Lipinski definition) is 4. The molecule has 5 nitrogen and oxygen atoms in total. The van der Waals surface area contributed by atoms with Crippen LogP contribution in [0, 0.1) is 5.92 Å². The topological polar surface area (TPSA) is 49.3 Å². The van der Waals surface area contributed by atoms with Crippen LogP contribution in [0.5, 0.6) is 0 Å². The number of piperazine rings is 1. The van der Waals surface area contributed by atoms with Gasteiger partial charge in [0.15, 0.2) is 5.82 Å². The molecule has 0 spiro atoms. The van der Waals surface area contributed by atoms with E-state index in [1.807, 2.05) is 41.3 Å². The van der Waals surface area contributed by atoms with E-state index in [1.54, 1.807) is 0 Å². The molecule has 1 amide bonds. The summed E-state index contributed by atoms with van der Waals surface area (Å²) in [5.41, 5.74) is 1.65. The highest BCUT2D eigenvalue weighted by atomic mass is 35.5. The number of aromatic nitrogens is 2. The van der Waals surface area contributed by atoms with Crippen molar-refractivity contribution in [3.8, 4) is 11.3 Å². The predicted octanol–water partition coefficient (Wildman–Crippen LogP) is 3.49. The monoisotopic (exact) mass is 358 g/mol. The molecule has 0 unspecified atom stereocenters. The lowest BCUT2D eigenvalue weighted by atomic mass is 10.1. The van der Waals surface area contributed by atoms with E-state index >= 15 is 0 Å². The van der Waals surface area contributed by atoms with Gasteiger partial charge in [-0.05, 0) is 24.1 Å². The first-order valence-electron chi connectivity index (χ1n) is 8.66. The molecule has 0 saturated carbocycles. The van der Waals surface area contributed by atoms with Crippen molar-refractivity contribution in [1.29, 1.82) is 0 Å². The lowest BCUT2D eigenvalue weighted by molar-refractivity contribution is -0.132. The fourth-order valence-corrected chi connectivity index (χ4v) is 3.20. The van der Waals surface area contributed by atoms with E-state index in [0.717, 1.165) is 43.3 Å².